The smallest absolute Gasteiger partial charge is 0.261 e. The van der Waals surface area contributed by atoms with E-state index in [1.807, 2.05) is 31.2 Å². The Morgan fingerprint density at radius 2 is 1.79 bits per heavy atom. The molecule has 2 aromatic carbocycles. The number of carbonyl (C=O) groups excluding carboxylic acids is 1. The van der Waals surface area contributed by atoms with Crippen molar-refractivity contribution >= 4 is 5.91 Å². The summed E-state index contributed by atoms with van der Waals surface area (Å²) in [5, 5.41) is 3.12. The second-order valence-electron chi connectivity index (χ2n) is 6.36. The van der Waals surface area contributed by atoms with Crippen LogP contribution in [-0.4, -0.2) is 12.0 Å². The molecule has 128 valence electrons. The van der Waals surface area contributed by atoms with E-state index in [0.717, 1.165) is 17.7 Å². The van der Waals surface area contributed by atoms with E-state index < -0.39 is 6.10 Å². The van der Waals surface area contributed by atoms with Crippen LogP contribution in [0.5, 0.6) is 5.75 Å². The van der Waals surface area contributed by atoms with Gasteiger partial charge in [-0.1, -0.05) is 48.9 Å². The second kappa shape index (κ2) is 8.00. The minimum atomic E-state index is -0.536. The molecule has 0 heterocycles. The number of ether oxygens (including phenoxy) is 1. The van der Waals surface area contributed by atoms with Crippen molar-refractivity contribution in [3.05, 3.63) is 64.7 Å². The number of para-hydroxylation sites is 1. The largest absolute Gasteiger partial charge is 0.481 e. The van der Waals surface area contributed by atoms with Crippen molar-refractivity contribution in [3.8, 4) is 5.75 Å². The van der Waals surface area contributed by atoms with Crippen molar-refractivity contribution in [3.63, 3.8) is 0 Å². The molecule has 0 spiro atoms. The van der Waals surface area contributed by atoms with Crippen LogP contribution in [0.2, 0.25) is 0 Å². The SMILES string of the molecule is CC[C@H](NC(=O)[C@@H](C)Oc1ccccc1C)c1ccc(C)cc1C. The summed E-state index contributed by atoms with van der Waals surface area (Å²) in [5.41, 5.74) is 4.63. The molecule has 0 radical (unpaired) electrons. The Hall–Kier alpha value is -2.29. The Morgan fingerprint density at radius 3 is 2.42 bits per heavy atom. The number of benzene rings is 2. The number of aryl methyl sites for hydroxylation is 3. The summed E-state index contributed by atoms with van der Waals surface area (Å²) < 4.78 is 5.83. The first kappa shape index (κ1) is 18.1. The number of hydrogen-bond acceptors (Lipinski definition) is 2. The lowest BCUT2D eigenvalue weighted by atomic mass is 9.97. The predicted molar refractivity (Wildman–Crippen MR) is 98.4 cm³/mol. The minimum Gasteiger partial charge on any atom is -0.481 e. The molecule has 0 aromatic heterocycles. The van der Waals surface area contributed by atoms with Crippen molar-refractivity contribution in [1.82, 2.24) is 5.32 Å². The van der Waals surface area contributed by atoms with Gasteiger partial charge in [0.15, 0.2) is 6.10 Å². The Kier molecular flexibility index (Phi) is 6.02. The molecule has 0 aliphatic heterocycles. The quantitative estimate of drug-likeness (QED) is 0.840. The Balaban J connectivity index is 2.07. The van der Waals surface area contributed by atoms with Crippen LogP contribution in [0, 0.1) is 20.8 Å². The summed E-state index contributed by atoms with van der Waals surface area (Å²) in [7, 11) is 0. The van der Waals surface area contributed by atoms with Gasteiger partial charge < -0.3 is 10.1 Å². The lowest BCUT2D eigenvalue weighted by Crippen LogP contribution is -2.38. The Morgan fingerprint density at radius 1 is 1.08 bits per heavy atom. The standard InChI is InChI=1S/C21H27NO2/c1-6-19(18-12-11-14(2)13-16(18)4)22-21(23)17(5)24-20-10-8-7-9-15(20)3/h7-13,17,19H,6H2,1-5H3,(H,22,23)/t17-,19+/m1/s1. The lowest BCUT2D eigenvalue weighted by Gasteiger charge is -2.23. The van der Waals surface area contributed by atoms with Crippen LogP contribution in [0.15, 0.2) is 42.5 Å². The molecule has 0 saturated carbocycles. The fourth-order valence-electron chi connectivity index (χ4n) is 2.84. The molecule has 2 aromatic rings. The summed E-state index contributed by atoms with van der Waals surface area (Å²) >= 11 is 0. The molecule has 0 bridgehead atoms. The lowest BCUT2D eigenvalue weighted by molar-refractivity contribution is -0.128. The molecule has 1 N–H and O–H groups in total. The first-order valence-electron chi connectivity index (χ1n) is 8.52. The zero-order valence-electron chi connectivity index (χ0n) is 15.2. The first-order chi connectivity index (χ1) is 11.4. The number of carbonyl (C=O) groups is 1. The van der Waals surface area contributed by atoms with Crippen LogP contribution in [0.1, 0.15) is 48.6 Å². The third kappa shape index (κ3) is 4.38. The van der Waals surface area contributed by atoms with Gasteiger partial charge in [0.2, 0.25) is 0 Å². The van der Waals surface area contributed by atoms with E-state index in [4.69, 9.17) is 4.74 Å². The molecule has 0 unspecified atom stereocenters. The van der Waals surface area contributed by atoms with Crippen LogP contribution < -0.4 is 10.1 Å². The van der Waals surface area contributed by atoms with Gasteiger partial charge in [0.1, 0.15) is 5.75 Å². The van der Waals surface area contributed by atoms with Crippen molar-refractivity contribution < 1.29 is 9.53 Å². The average molecular weight is 325 g/mol. The van der Waals surface area contributed by atoms with Crippen LogP contribution in [0.25, 0.3) is 0 Å². The third-order valence-corrected chi connectivity index (χ3v) is 4.29. The van der Waals surface area contributed by atoms with Gasteiger partial charge in [-0.2, -0.15) is 0 Å². The minimum absolute atomic E-state index is 0.000945. The molecule has 0 aliphatic carbocycles. The molecule has 3 heteroatoms. The molecular weight excluding hydrogens is 298 g/mol. The van der Waals surface area contributed by atoms with Crippen LogP contribution in [0.4, 0.5) is 0 Å². The van der Waals surface area contributed by atoms with Gasteiger partial charge in [-0.25, -0.2) is 0 Å². The summed E-state index contributed by atoms with van der Waals surface area (Å²) in [6, 6.07) is 14.1. The normalized spacial score (nSPS) is 13.2. The van der Waals surface area contributed by atoms with E-state index in [2.05, 4.69) is 44.3 Å². The first-order valence-corrected chi connectivity index (χ1v) is 8.52. The molecule has 24 heavy (non-hydrogen) atoms. The van der Waals surface area contributed by atoms with Gasteiger partial charge in [-0.05, 0) is 56.9 Å². The van der Waals surface area contributed by atoms with Crippen molar-refractivity contribution in [2.24, 2.45) is 0 Å². The maximum atomic E-state index is 12.5. The van der Waals surface area contributed by atoms with Gasteiger partial charge >= 0.3 is 0 Å². The fraction of sp³-hybridized carbons (Fsp3) is 0.381. The highest BCUT2D eigenvalue weighted by molar-refractivity contribution is 5.81. The summed E-state index contributed by atoms with van der Waals surface area (Å²) in [6.45, 7) is 10.0. The highest BCUT2D eigenvalue weighted by atomic mass is 16.5. The number of hydrogen-bond donors (Lipinski definition) is 1. The Bertz CT molecular complexity index is 709. The summed E-state index contributed by atoms with van der Waals surface area (Å²) in [5.74, 6) is 0.657. The van der Waals surface area contributed by atoms with Gasteiger partial charge in [0.05, 0.1) is 6.04 Å². The van der Waals surface area contributed by atoms with E-state index in [1.54, 1.807) is 6.92 Å². The highest BCUT2D eigenvalue weighted by Crippen LogP contribution is 2.23. The molecule has 2 atom stereocenters. The molecule has 0 aliphatic rings. The molecule has 0 saturated heterocycles. The predicted octanol–water partition coefficient (Wildman–Crippen LogP) is 4.65. The molecule has 3 nitrogen and oxygen atoms in total. The van der Waals surface area contributed by atoms with Gasteiger partial charge in [-0.15, -0.1) is 0 Å². The van der Waals surface area contributed by atoms with Gasteiger partial charge in [0, 0.05) is 0 Å². The Labute approximate surface area is 145 Å². The highest BCUT2D eigenvalue weighted by Gasteiger charge is 2.20. The summed E-state index contributed by atoms with van der Waals surface area (Å²) in [6.07, 6.45) is 0.304. The van der Waals surface area contributed by atoms with E-state index in [9.17, 15) is 4.79 Å². The van der Waals surface area contributed by atoms with E-state index in [1.165, 1.54) is 16.7 Å². The molecule has 1 amide bonds. The number of amides is 1. The zero-order chi connectivity index (χ0) is 17.7. The maximum absolute atomic E-state index is 12.5. The molecular formula is C21H27NO2. The van der Waals surface area contributed by atoms with Crippen LogP contribution in [-0.2, 0) is 4.79 Å². The summed E-state index contributed by atoms with van der Waals surface area (Å²) in [4.78, 5) is 12.5. The average Bonchev–Trinajstić information content (AvgIpc) is 2.55. The molecule has 0 fully saturated rings. The van der Waals surface area contributed by atoms with E-state index >= 15 is 0 Å². The van der Waals surface area contributed by atoms with Crippen LogP contribution in [0.3, 0.4) is 0 Å². The van der Waals surface area contributed by atoms with Gasteiger partial charge in [0.25, 0.3) is 5.91 Å². The molecule has 2 rings (SSSR count). The van der Waals surface area contributed by atoms with Crippen molar-refractivity contribution in [1.29, 1.82) is 0 Å². The number of nitrogens with one attached hydrogen (secondary N) is 1. The second-order valence-corrected chi connectivity index (χ2v) is 6.36. The third-order valence-electron chi connectivity index (χ3n) is 4.29. The van der Waals surface area contributed by atoms with Gasteiger partial charge in [-0.3, -0.25) is 4.79 Å². The number of rotatable bonds is 6. The maximum Gasteiger partial charge on any atom is 0.261 e. The fourth-order valence-corrected chi connectivity index (χ4v) is 2.84. The zero-order valence-corrected chi connectivity index (χ0v) is 15.2. The van der Waals surface area contributed by atoms with Crippen LogP contribution >= 0.6 is 0 Å². The van der Waals surface area contributed by atoms with Crippen molar-refractivity contribution in [2.45, 2.75) is 53.2 Å². The van der Waals surface area contributed by atoms with E-state index in [0.29, 0.717) is 0 Å². The monoisotopic (exact) mass is 325 g/mol. The van der Waals surface area contributed by atoms with E-state index in [-0.39, 0.29) is 11.9 Å². The van der Waals surface area contributed by atoms with Crippen molar-refractivity contribution in [2.75, 3.05) is 0 Å². The topological polar surface area (TPSA) is 38.3 Å².